The van der Waals surface area contributed by atoms with Crippen LogP contribution in [-0.2, 0) is 44.5 Å². The van der Waals surface area contributed by atoms with Crippen LogP contribution in [-0.4, -0.2) is 64.4 Å². The lowest BCUT2D eigenvalue weighted by atomic mass is 10.1. The summed E-state index contributed by atoms with van der Waals surface area (Å²) >= 11 is 3.49. The predicted molar refractivity (Wildman–Crippen MR) is 213 cm³/mol. The van der Waals surface area contributed by atoms with Gasteiger partial charge in [0.05, 0.1) is 68.4 Å². The van der Waals surface area contributed by atoms with Gasteiger partial charge in [0.15, 0.2) is 12.5 Å². The number of aromatic nitrogens is 7. The zero-order valence-corrected chi connectivity index (χ0v) is 33.7. The maximum atomic E-state index is 13.7. The SMILES string of the molecule is Nc1ncc(Br)c2c1cnn2C1CCCCO1.Nc1ncc(NC(=O)C(=O)N(Cc2ccc(C(F)(F)F)cn2)Cc2ccccc2C(F)(F)F)c2c1cnn2C1CCCCO1. The number of nitrogens with zero attached hydrogens (tertiary/aromatic N) is 8. The van der Waals surface area contributed by atoms with Crippen molar-refractivity contribution in [2.45, 2.75) is 76.4 Å². The van der Waals surface area contributed by atoms with Crippen LogP contribution < -0.4 is 16.8 Å². The summed E-state index contributed by atoms with van der Waals surface area (Å²) in [5.74, 6) is -1.91. The van der Waals surface area contributed by atoms with Gasteiger partial charge in [-0.15, -0.1) is 0 Å². The van der Waals surface area contributed by atoms with Gasteiger partial charge in [-0.25, -0.2) is 19.3 Å². The number of carbonyl (C=O) groups is 2. The highest BCUT2D eigenvalue weighted by molar-refractivity contribution is 9.10. The smallest absolute Gasteiger partial charge is 0.383 e. The summed E-state index contributed by atoms with van der Waals surface area (Å²) in [5.41, 5.74) is 10.6. The molecule has 322 valence electrons. The fourth-order valence-corrected chi connectivity index (χ4v) is 7.53. The van der Waals surface area contributed by atoms with Crippen molar-refractivity contribution in [1.29, 1.82) is 0 Å². The first-order valence-corrected chi connectivity index (χ1v) is 19.8. The quantitative estimate of drug-likeness (QED) is 0.105. The average molecular weight is 919 g/mol. The normalized spacial score (nSPS) is 17.2. The Hall–Kier alpha value is -5.87. The highest BCUT2D eigenvalue weighted by atomic mass is 79.9. The van der Waals surface area contributed by atoms with Gasteiger partial charge in [-0.2, -0.15) is 36.5 Å². The molecule has 2 aliphatic rings. The molecule has 0 bridgehead atoms. The number of amides is 2. The van der Waals surface area contributed by atoms with Gasteiger partial charge in [0, 0.05) is 32.2 Å². The third-order valence-corrected chi connectivity index (χ3v) is 10.6. The summed E-state index contributed by atoms with van der Waals surface area (Å²) in [4.78, 5) is 39.5. The third-order valence-electron chi connectivity index (χ3n) is 10.0. The minimum atomic E-state index is -4.78. The van der Waals surface area contributed by atoms with Crippen molar-refractivity contribution in [2.24, 2.45) is 0 Å². The Kier molecular flexibility index (Phi) is 12.8. The van der Waals surface area contributed by atoms with Gasteiger partial charge in [0.25, 0.3) is 0 Å². The molecule has 22 heteroatoms. The number of anilines is 3. The van der Waals surface area contributed by atoms with Gasteiger partial charge in [-0.3, -0.25) is 14.6 Å². The van der Waals surface area contributed by atoms with Gasteiger partial charge in [0.2, 0.25) is 0 Å². The lowest BCUT2D eigenvalue weighted by Gasteiger charge is -2.25. The molecule has 0 spiro atoms. The van der Waals surface area contributed by atoms with Crippen molar-refractivity contribution in [2.75, 3.05) is 30.0 Å². The van der Waals surface area contributed by atoms with Crippen molar-refractivity contribution in [3.63, 3.8) is 0 Å². The molecule has 1 aromatic carbocycles. The molecule has 0 radical (unpaired) electrons. The van der Waals surface area contributed by atoms with Crippen molar-refractivity contribution >= 4 is 66.9 Å². The van der Waals surface area contributed by atoms with Gasteiger partial charge < -0.3 is 31.2 Å². The molecular formula is C39H38BrF6N11O4. The Morgan fingerprint density at radius 3 is 1.93 bits per heavy atom. The van der Waals surface area contributed by atoms with Gasteiger partial charge in [-0.05, 0) is 78.2 Å². The molecule has 0 aliphatic carbocycles. The fourth-order valence-electron chi connectivity index (χ4n) is 7.03. The summed E-state index contributed by atoms with van der Waals surface area (Å²) in [6, 6.07) is 6.15. The first-order valence-electron chi connectivity index (χ1n) is 19.0. The largest absolute Gasteiger partial charge is 0.417 e. The van der Waals surface area contributed by atoms with E-state index in [1.54, 1.807) is 12.4 Å². The molecule has 2 unspecified atom stereocenters. The van der Waals surface area contributed by atoms with E-state index in [4.69, 9.17) is 20.9 Å². The molecule has 7 heterocycles. The Labute approximate surface area is 351 Å². The molecule has 5 N–H and O–H groups in total. The number of halogens is 7. The molecule has 15 nitrogen and oxygen atoms in total. The topological polar surface area (TPSA) is 194 Å². The predicted octanol–water partition coefficient (Wildman–Crippen LogP) is 7.79. The third kappa shape index (κ3) is 9.70. The van der Waals surface area contributed by atoms with Gasteiger partial charge in [0.1, 0.15) is 17.2 Å². The van der Waals surface area contributed by atoms with Gasteiger partial charge >= 0.3 is 24.2 Å². The number of fused-ring (bicyclic) bond motifs is 2. The number of hydrogen-bond acceptors (Lipinski definition) is 11. The highest BCUT2D eigenvalue weighted by Crippen LogP contribution is 2.35. The monoisotopic (exact) mass is 917 g/mol. The summed E-state index contributed by atoms with van der Waals surface area (Å²) in [6.07, 6.45) is 2.35. The number of alkyl halides is 6. The number of rotatable bonds is 7. The van der Waals surface area contributed by atoms with Crippen LogP contribution in [0.5, 0.6) is 0 Å². The van der Waals surface area contributed by atoms with E-state index in [1.807, 2.05) is 4.68 Å². The van der Waals surface area contributed by atoms with Crippen LogP contribution in [0.15, 0.2) is 71.9 Å². The van der Waals surface area contributed by atoms with Crippen LogP contribution in [0.25, 0.3) is 21.8 Å². The standard InChI is InChI=1S/C28H25F6N7O3.C11H13BrN4O/c29-27(30,31)17-8-9-18(36-11-17)15-40(14-16-5-1-2-6-20(16)28(32,33)34)26(43)25(42)39-21-13-37-24(35)19-12-38-41(23(19)21)22-7-3-4-10-44-22;12-8-6-14-11(13)7-5-15-16(10(7)8)9-3-1-2-4-17-9/h1-2,5-6,8-9,11-13,22H,3-4,7,10,14-15H2,(H2,35,37)(H,39,42);5-6,9H,1-4H2,(H2,13,14). The molecule has 2 fully saturated rings. The van der Waals surface area contributed by atoms with Crippen molar-refractivity contribution < 1.29 is 45.4 Å². The molecule has 2 amide bonds. The number of pyridine rings is 3. The van der Waals surface area contributed by atoms with Crippen LogP contribution in [0.1, 0.15) is 73.4 Å². The summed E-state index contributed by atoms with van der Waals surface area (Å²) in [7, 11) is 0. The average Bonchev–Trinajstić information content (AvgIpc) is 3.91. The molecule has 8 rings (SSSR count). The van der Waals surface area contributed by atoms with E-state index < -0.39 is 54.6 Å². The van der Waals surface area contributed by atoms with Crippen molar-refractivity contribution in [3.8, 4) is 0 Å². The number of benzene rings is 1. The van der Waals surface area contributed by atoms with E-state index in [-0.39, 0.29) is 29.0 Å². The zero-order valence-electron chi connectivity index (χ0n) is 32.1. The molecule has 6 aromatic rings. The molecular weight excluding hydrogens is 880 g/mol. The van der Waals surface area contributed by atoms with Crippen LogP contribution in [0.4, 0.5) is 43.7 Å². The second-order valence-electron chi connectivity index (χ2n) is 14.2. The number of hydrogen-bond donors (Lipinski definition) is 3. The van der Waals surface area contributed by atoms with E-state index in [2.05, 4.69) is 46.4 Å². The Morgan fingerprint density at radius 2 is 1.36 bits per heavy atom. The Balaban J connectivity index is 0.000000273. The zero-order chi connectivity index (χ0) is 43.5. The first kappa shape index (κ1) is 43.2. The summed E-state index contributed by atoms with van der Waals surface area (Å²) in [6.45, 7) is 0.0109. The van der Waals surface area contributed by atoms with E-state index in [9.17, 15) is 35.9 Å². The second kappa shape index (κ2) is 18.0. The molecule has 61 heavy (non-hydrogen) atoms. The van der Waals surface area contributed by atoms with Crippen molar-refractivity contribution in [3.05, 3.63) is 94.2 Å². The van der Waals surface area contributed by atoms with Crippen molar-refractivity contribution in [1.82, 2.24) is 39.4 Å². The number of ether oxygens (including phenoxy) is 2. The van der Waals surface area contributed by atoms with E-state index in [0.29, 0.717) is 35.9 Å². The van der Waals surface area contributed by atoms with E-state index in [0.717, 1.165) is 76.8 Å². The maximum absolute atomic E-state index is 13.7. The maximum Gasteiger partial charge on any atom is 0.417 e. The second-order valence-corrected chi connectivity index (χ2v) is 15.1. The lowest BCUT2D eigenvalue weighted by Crippen LogP contribution is -2.39. The number of nitrogen functional groups attached to an aromatic ring is 2. The molecule has 5 aromatic heterocycles. The molecule has 2 aliphatic heterocycles. The van der Waals surface area contributed by atoms with Crippen LogP contribution in [0.2, 0.25) is 0 Å². The van der Waals surface area contributed by atoms with Crippen LogP contribution in [0.3, 0.4) is 0 Å². The minimum Gasteiger partial charge on any atom is -0.383 e. The first-order chi connectivity index (χ1) is 29.1. The number of nitrogens with one attached hydrogen (secondary N) is 1. The van der Waals surface area contributed by atoms with Crippen LogP contribution in [0, 0.1) is 0 Å². The lowest BCUT2D eigenvalue weighted by molar-refractivity contribution is -0.145. The number of nitrogens with two attached hydrogens (primary N) is 2. The molecule has 2 atom stereocenters. The Morgan fingerprint density at radius 1 is 0.754 bits per heavy atom. The molecule has 0 saturated carbocycles. The van der Waals surface area contributed by atoms with E-state index in [1.165, 1.54) is 35.6 Å². The van der Waals surface area contributed by atoms with Crippen LogP contribution >= 0.6 is 15.9 Å². The highest BCUT2D eigenvalue weighted by Gasteiger charge is 2.35. The van der Waals surface area contributed by atoms with E-state index >= 15 is 0 Å². The number of carbonyl (C=O) groups excluding carboxylic acids is 2. The Bertz CT molecular complexity index is 2520. The fraction of sp³-hybridized carbons (Fsp3) is 0.359. The summed E-state index contributed by atoms with van der Waals surface area (Å²) in [5, 5.41) is 12.4. The molecule has 2 saturated heterocycles. The minimum absolute atomic E-state index is 0.0133. The summed E-state index contributed by atoms with van der Waals surface area (Å²) < 4.78 is 96.2. The van der Waals surface area contributed by atoms with Gasteiger partial charge in [-0.1, -0.05) is 18.2 Å².